The molecule has 7 heteroatoms. The van der Waals surface area contributed by atoms with Gasteiger partial charge in [0.15, 0.2) is 0 Å². The number of halogens is 2. The number of fused-ring (bicyclic) bond motifs is 1. The van der Waals surface area contributed by atoms with Crippen LogP contribution in [0, 0.1) is 6.92 Å². The predicted molar refractivity (Wildman–Crippen MR) is 89.7 cm³/mol. The summed E-state index contributed by atoms with van der Waals surface area (Å²) >= 11 is 9.82. The Morgan fingerprint density at radius 1 is 1.32 bits per heavy atom. The summed E-state index contributed by atoms with van der Waals surface area (Å²) in [5.74, 6) is 0.549. The second kappa shape index (κ2) is 7.08. The van der Waals surface area contributed by atoms with Gasteiger partial charge in [-0.05, 0) is 28.4 Å². The molecule has 1 aliphatic heterocycles. The maximum atomic E-state index is 6.30. The Hall–Kier alpha value is -0.950. The first-order chi connectivity index (χ1) is 10.7. The molecule has 0 N–H and O–H groups in total. The lowest BCUT2D eigenvalue weighted by molar-refractivity contribution is 0.0319. The molecule has 0 bridgehead atoms. The third-order valence-corrected chi connectivity index (χ3v) is 4.90. The zero-order valence-corrected chi connectivity index (χ0v) is 14.7. The quantitative estimate of drug-likeness (QED) is 0.808. The first-order valence-corrected chi connectivity index (χ1v) is 8.36. The lowest BCUT2D eigenvalue weighted by atomic mass is 10.2. The number of aromatic nitrogens is 2. The monoisotopic (exact) mass is 385 g/mol. The van der Waals surface area contributed by atoms with Crippen molar-refractivity contribution >= 4 is 38.4 Å². The van der Waals surface area contributed by atoms with Crippen LogP contribution >= 0.6 is 27.5 Å². The summed E-state index contributed by atoms with van der Waals surface area (Å²) in [6, 6.07) is 0. The second-order valence-electron chi connectivity index (χ2n) is 5.20. The van der Waals surface area contributed by atoms with E-state index in [4.69, 9.17) is 21.1 Å². The van der Waals surface area contributed by atoms with E-state index >= 15 is 0 Å². The van der Waals surface area contributed by atoms with Gasteiger partial charge in [0.2, 0.25) is 5.88 Å². The van der Waals surface area contributed by atoms with E-state index < -0.39 is 0 Å². The second-order valence-corrected chi connectivity index (χ2v) is 6.37. The molecule has 1 aliphatic rings. The van der Waals surface area contributed by atoms with E-state index in [0.29, 0.717) is 17.5 Å². The molecule has 3 heterocycles. The summed E-state index contributed by atoms with van der Waals surface area (Å²) in [5.41, 5.74) is 1.70. The van der Waals surface area contributed by atoms with Gasteiger partial charge in [0, 0.05) is 37.4 Å². The number of nitrogens with zero attached hydrogens (tertiary/aromatic N) is 3. The van der Waals surface area contributed by atoms with Crippen molar-refractivity contribution in [2.75, 3.05) is 39.5 Å². The van der Waals surface area contributed by atoms with E-state index in [1.54, 1.807) is 12.4 Å². The van der Waals surface area contributed by atoms with Gasteiger partial charge in [0.05, 0.1) is 23.8 Å². The molecule has 0 unspecified atom stereocenters. The molecule has 0 radical (unpaired) electrons. The zero-order chi connectivity index (χ0) is 15.5. The molecule has 0 amide bonds. The molecule has 2 aromatic rings. The fraction of sp³-hybridized carbons (Fsp3) is 0.467. The van der Waals surface area contributed by atoms with E-state index in [-0.39, 0.29) is 0 Å². The largest absolute Gasteiger partial charge is 0.475 e. The molecule has 0 aromatic carbocycles. The standard InChI is InChI=1S/C15H17BrClN3O2/c1-10-8-18-14-11(13(10)17)9-19-15(12(14)16)22-7-4-20-2-5-21-6-3-20/h8-9H,2-7H2,1H3. The van der Waals surface area contributed by atoms with Crippen LogP contribution in [0.2, 0.25) is 5.02 Å². The number of hydrogen-bond donors (Lipinski definition) is 0. The van der Waals surface area contributed by atoms with Crippen LogP contribution in [0.25, 0.3) is 10.9 Å². The molecule has 0 spiro atoms. The molecule has 1 saturated heterocycles. The average Bonchev–Trinajstić information content (AvgIpc) is 2.54. The Bertz CT molecular complexity index is 677. The van der Waals surface area contributed by atoms with Crippen LogP contribution in [-0.2, 0) is 4.74 Å². The number of hydrogen-bond acceptors (Lipinski definition) is 5. The van der Waals surface area contributed by atoms with E-state index in [1.165, 1.54) is 0 Å². The number of aryl methyl sites for hydroxylation is 1. The van der Waals surface area contributed by atoms with Crippen molar-refractivity contribution < 1.29 is 9.47 Å². The van der Waals surface area contributed by atoms with Crippen molar-refractivity contribution in [2.45, 2.75) is 6.92 Å². The van der Waals surface area contributed by atoms with Gasteiger partial charge in [-0.15, -0.1) is 0 Å². The number of rotatable bonds is 4. The van der Waals surface area contributed by atoms with Crippen molar-refractivity contribution in [3.05, 3.63) is 27.5 Å². The molecule has 3 rings (SSSR count). The van der Waals surface area contributed by atoms with E-state index in [1.807, 2.05) is 6.92 Å². The van der Waals surface area contributed by atoms with Gasteiger partial charge in [-0.2, -0.15) is 0 Å². The van der Waals surface area contributed by atoms with E-state index in [0.717, 1.165) is 53.8 Å². The first kappa shape index (κ1) is 15.9. The van der Waals surface area contributed by atoms with Crippen molar-refractivity contribution in [3.8, 4) is 5.88 Å². The van der Waals surface area contributed by atoms with Crippen LogP contribution in [-0.4, -0.2) is 54.3 Å². The highest BCUT2D eigenvalue weighted by Crippen LogP contribution is 2.34. The number of pyridine rings is 2. The highest BCUT2D eigenvalue weighted by Gasteiger charge is 2.14. The Labute approximate surface area is 142 Å². The molecule has 0 saturated carbocycles. The fourth-order valence-electron chi connectivity index (χ4n) is 2.37. The lowest BCUT2D eigenvalue weighted by Crippen LogP contribution is -2.38. The Morgan fingerprint density at radius 2 is 2.09 bits per heavy atom. The summed E-state index contributed by atoms with van der Waals surface area (Å²) in [5, 5.41) is 1.51. The lowest BCUT2D eigenvalue weighted by Gasteiger charge is -2.26. The van der Waals surface area contributed by atoms with Crippen LogP contribution in [0.4, 0.5) is 0 Å². The number of morpholine rings is 1. The molecule has 5 nitrogen and oxygen atoms in total. The highest BCUT2D eigenvalue weighted by atomic mass is 79.9. The maximum absolute atomic E-state index is 6.30. The van der Waals surface area contributed by atoms with Gasteiger partial charge in [-0.1, -0.05) is 11.6 Å². The minimum atomic E-state index is 0.549. The maximum Gasteiger partial charge on any atom is 0.230 e. The van der Waals surface area contributed by atoms with Gasteiger partial charge < -0.3 is 9.47 Å². The van der Waals surface area contributed by atoms with E-state index in [9.17, 15) is 0 Å². The topological polar surface area (TPSA) is 47.5 Å². The summed E-state index contributed by atoms with van der Waals surface area (Å²) in [7, 11) is 0. The third kappa shape index (κ3) is 3.35. The van der Waals surface area contributed by atoms with Crippen LogP contribution in [0.15, 0.2) is 16.9 Å². The Kier molecular flexibility index (Phi) is 5.13. The van der Waals surface area contributed by atoms with Crippen molar-refractivity contribution in [3.63, 3.8) is 0 Å². The van der Waals surface area contributed by atoms with Gasteiger partial charge >= 0.3 is 0 Å². The zero-order valence-electron chi connectivity index (χ0n) is 12.3. The molecule has 1 fully saturated rings. The molecule has 2 aromatic heterocycles. The Balaban J connectivity index is 1.71. The van der Waals surface area contributed by atoms with Crippen molar-refractivity contribution in [2.24, 2.45) is 0 Å². The minimum Gasteiger partial charge on any atom is -0.475 e. The molecule has 0 aliphatic carbocycles. The minimum absolute atomic E-state index is 0.549. The Morgan fingerprint density at radius 3 is 2.86 bits per heavy atom. The average molecular weight is 387 g/mol. The van der Waals surface area contributed by atoms with Crippen LogP contribution in [0.3, 0.4) is 0 Å². The van der Waals surface area contributed by atoms with Gasteiger partial charge in [-0.25, -0.2) is 4.98 Å². The summed E-state index contributed by atoms with van der Waals surface area (Å²) in [6.07, 6.45) is 3.47. The molecular weight excluding hydrogens is 370 g/mol. The summed E-state index contributed by atoms with van der Waals surface area (Å²) in [4.78, 5) is 11.1. The van der Waals surface area contributed by atoms with Crippen LogP contribution in [0.5, 0.6) is 5.88 Å². The molecular formula is C15H17BrClN3O2. The fourth-order valence-corrected chi connectivity index (χ4v) is 3.09. The summed E-state index contributed by atoms with van der Waals surface area (Å²) in [6.45, 7) is 6.85. The van der Waals surface area contributed by atoms with E-state index in [2.05, 4.69) is 30.8 Å². The molecule has 0 atom stereocenters. The van der Waals surface area contributed by atoms with Crippen LogP contribution in [0.1, 0.15) is 5.56 Å². The summed E-state index contributed by atoms with van der Waals surface area (Å²) < 4.78 is 11.9. The highest BCUT2D eigenvalue weighted by molar-refractivity contribution is 9.10. The van der Waals surface area contributed by atoms with Gasteiger partial charge in [0.1, 0.15) is 11.1 Å². The predicted octanol–water partition coefficient (Wildman–Crippen LogP) is 3.07. The SMILES string of the molecule is Cc1cnc2c(Br)c(OCCN3CCOCC3)ncc2c1Cl. The third-order valence-electron chi connectivity index (χ3n) is 3.68. The van der Waals surface area contributed by atoms with Crippen molar-refractivity contribution in [1.29, 1.82) is 0 Å². The smallest absolute Gasteiger partial charge is 0.230 e. The molecule has 22 heavy (non-hydrogen) atoms. The van der Waals surface area contributed by atoms with Gasteiger partial charge in [0.25, 0.3) is 0 Å². The van der Waals surface area contributed by atoms with Crippen LogP contribution < -0.4 is 4.74 Å². The molecule has 118 valence electrons. The van der Waals surface area contributed by atoms with Crippen molar-refractivity contribution in [1.82, 2.24) is 14.9 Å². The van der Waals surface area contributed by atoms with Gasteiger partial charge in [-0.3, -0.25) is 9.88 Å². The normalized spacial score (nSPS) is 16.1. The first-order valence-electron chi connectivity index (χ1n) is 7.19. The number of ether oxygens (including phenoxy) is 2.